The Balaban J connectivity index is 2.00. The summed E-state index contributed by atoms with van der Waals surface area (Å²) < 4.78 is 7.63. The summed E-state index contributed by atoms with van der Waals surface area (Å²) in [4.78, 5) is 4.86. The van der Waals surface area contributed by atoms with Crippen molar-refractivity contribution in [2.24, 2.45) is 0 Å². The highest BCUT2D eigenvalue weighted by atomic mass is 16.5. The Kier molecular flexibility index (Phi) is 6.11. The van der Waals surface area contributed by atoms with E-state index in [2.05, 4.69) is 65.3 Å². The molecule has 0 aliphatic carbocycles. The van der Waals surface area contributed by atoms with Crippen LogP contribution < -0.4 is 4.74 Å². The number of ether oxygens (including phenoxy) is 1. The van der Waals surface area contributed by atoms with E-state index in [-0.39, 0.29) is 11.6 Å². The van der Waals surface area contributed by atoms with Gasteiger partial charge in [0.05, 0.1) is 18.2 Å². The molecule has 0 saturated carbocycles. The minimum absolute atomic E-state index is 0.0372. The molecular formula is C20H32N6O. The SMILES string of the molecule is CCOc1ccc([C@@H](c2nnnn2C(C)(C)CC)N2CCN(C)CC2)cc1. The second-order valence-electron chi connectivity index (χ2n) is 7.86. The van der Waals surface area contributed by atoms with Gasteiger partial charge in [0.25, 0.3) is 0 Å². The molecule has 1 atom stereocenters. The number of tetrazole rings is 1. The van der Waals surface area contributed by atoms with E-state index in [9.17, 15) is 0 Å². The third-order valence-corrected chi connectivity index (χ3v) is 5.59. The lowest BCUT2D eigenvalue weighted by atomic mass is 9.99. The second kappa shape index (κ2) is 8.35. The zero-order valence-electron chi connectivity index (χ0n) is 17.2. The van der Waals surface area contributed by atoms with E-state index in [0.717, 1.165) is 44.2 Å². The van der Waals surface area contributed by atoms with Crippen molar-refractivity contribution in [3.8, 4) is 5.75 Å². The molecule has 1 aliphatic heterocycles. The van der Waals surface area contributed by atoms with Crippen LogP contribution in [-0.2, 0) is 5.54 Å². The predicted molar refractivity (Wildman–Crippen MR) is 106 cm³/mol. The molecule has 0 unspecified atom stereocenters. The zero-order valence-corrected chi connectivity index (χ0v) is 17.2. The lowest BCUT2D eigenvalue weighted by Gasteiger charge is -2.38. The molecule has 1 aromatic heterocycles. The summed E-state index contributed by atoms with van der Waals surface area (Å²) >= 11 is 0. The van der Waals surface area contributed by atoms with Gasteiger partial charge < -0.3 is 9.64 Å². The summed E-state index contributed by atoms with van der Waals surface area (Å²) in [6.07, 6.45) is 0.962. The average molecular weight is 373 g/mol. The molecule has 0 radical (unpaired) electrons. The quantitative estimate of drug-likeness (QED) is 0.744. The number of benzene rings is 1. The number of hydrogen-bond acceptors (Lipinski definition) is 6. The van der Waals surface area contributed by atoms with E-state index < -0.39 is 0 Å². The van der Waals surface area contributed by atoms with Gasteiger partial charge in [0, 0.05) is 26.2 Å². The fourth-order valence-corrected chi connectivity index (χ4v) is 3.46. The Bertz CT molecular complexity index is 718. The molecule has 1 fully saturated rings. The lowest BCUT2D eigenvalue weighted by Crippen LogP contribution is -2.47. The topological polar surface area (TPSA) is 59.3 Å². The summed E-state index contributed by atoms with van der Waals surface area (Å²) in [5, 5.41) is 12.9. The molecule has 0 spiro atoms. The summed E-state index contributed by atoms with van der Waals surface area (Å²) in [6, 6.07) is 8.41. The van der Waals surface area contributed by atoms with Crippen LogP contribution in [0.3, 0.4) is 0 Å². The highest BCUT2D eigenvalue weighted by molar-refractivity contribution is 5.32. The number of likely N-dealkylation sites (N-methyl/N-ethyl adjacent to an activating group) is 1. The van der Waals surface area contributed by atoms with Gasteiger partial charge >= 0.3 is 0 Å². The molecule has 2 heterocycles. The molecule has 7 nitrogen and oxygen atoms in total. The first kappa shape index (κ1) is 19.8. The van der Waals surface area contributed by atoms with Crippen LogP contribution in [0.25, 0.3) is 0 Å². The van der Waals surface area contributed by atoms with Crippen LogP contribution in [0.4, 0.5) is 0 Å². The van der Waals surface area contributed by atoms with Crippen molar-refractivity contribution < 1.29 is 4.74 Å². The number of piperazine rings is 1. The van der Waals surface area contributed by atoms with Gasteiger partial charge in [0.1, 0.15) is 5.75 Å². The van der Waals surface area contributed by atoms with Crippen LogP contribution in [0, 0.1) is 0 Å². The van der Waals surface area contributed by atoms with E-state index in [0.29, 0.717) is 6.61 Å². The van der Waals surface area contributed by atoms with Crippen molar-refractivity contribution in [3.63, 3.8) is 0 Å². The van der Waals surface area contributed by atoms with Crippen LogP contribution in [0.1, 0.15) is 51.5 Å². The van der Waals surface area contributed by atoms with Gasteiger partial charge in [-0.15, -0.1) is 5.10 Å². The van der Waals surface area contributed by atoms with Gasteiger partial charge in [-0.1, -0.05) is 19.1 Å². The van der Waals surface area contributed by atoms with Gasteiger partial charge in [-0.3, -0.25) is 4.90 Å². The van der Waals surface area contributed by atoms with Crippen molar-refractivity contribution in [3.05, 3.63) is 35.7 Å². The third-order valence-electron chi connectivity index (χ3n) is 5.59. The number of aromatic nitrogens is 4. The van der Waals surface area contributed by atoms with Crippen molar-refractivity contribution in [1.29, 1.82) is 0 Å². The molecule has 1 aliphatic rings. The van der Waals surface area contributed by atoms with E-state index in [4.69, 9.17) is 4.74 Å². The monoisotopic (exact) mass is 372 g/mol. The molecule has 3 rings (SSSR count). The van der Waals surface area contributed by atoms with Crippen LogP contribution in [-0.4, -0.2) is 69.8 Å². The normalized spacial score (nSPS) is 17.8. The molecule has 27 heavy (non-hydrogen) atoms. The number of hydrogen-bond donors (Lipinski definition) is 0. The average Bonchev–Trinajstić information content (AvgIpc) is 3.15. The van der Waals surface area contributed by atoms with E-state index >= 15 is 0 Å². The molecule has 7 heteroatoms. The van der Waals surface area contributed by atoms with Gasteiger partial charge in [-0.2, -0.15) is 0 Å². The summed E-state index contributed by atoms with van der Waals surface area (Å²) in [7, 11) is 2.17. The Morgan fingerprint density at radius 3 is 2.33 bits per heavy atom. The Labute approximate surface area is 162 Å². The van der Waals surface area contributed by atoms with Crippen molar-refractivity contribution in [1.82, 2.24) is 30.0 Å². The molecule has 0 amide bonds. The standard InChI is InChI=1S/C20H32N6O/c1-6-20(3,4)26-19(21-22-23-26)18(25-14-12-24(5)13-15-25)16-8-10-17(11-9-16)27-7-2/h8-11,18H,6-7,12-15H2,1-5H3/t18-/m0/s1. The highest BCUT2D eigenvalue weighted by Crippen LogP contribution is 2.32. The molecule has 1 saturated heterocycles. The fraction of sp³-hybridized carbons (Fsp3) is 0.650. The Morgan fingerprint density at radius 1 is 1.07 bits per heavy atom. The first-order valence-electron chi connectivity index (χ1n) is 9.90. The molecule has 148 valence electrons. The first-order valence-corrected chi connectivity index (χ1v) is 9.90. The smallest absolute Gasteiger partial charge is 0.173 e. The van der Waals surface area contributed by atoms with Crippen molar-refractivity contribution in [2.75, 3.05) is 39.8 Å². The minimum Gasteiger partial charge on any atom is -0.494 e. The molecular weight excluding hydrogens is 340 g/mol. The zero-order chi connectivity index (χ0) is 19.4. The predicted octanol–water partition coefficient (Wildman–Crippen LogP) is 2.55. The Morgan fingerprint density at radius 2 is 1.74 bits per heavy atom. The van der Waals surface area contributed by atoms with Gasteiger partial charge in [-0.05, 0) is 62.4 Å². The molecule has 2 aromatic rings. The van der Waals surface area contributed by atoms with Crippen molar-refractivity contribution >= 4 is 0 Å². The number of nitrogens with zero attached hydrogens (tertiary/aromatic N) is 6. The maximum absolute atomic E-state index is 5.62. The van der Waals surface area contributed by atoms with Gasteiger partial charge in [0.15, 0.2) is 5.82 Å². The maximum Gasteiger partial charge on any atom is 0.173 e. The minimum atomic E-state index is -0.130. The van der Waals surface area contributed by atoms with Crippen LogP contribution >= 0.6 is 0 Å². The van der Waals surface area contributed by atoms with Crippen LogP contribution in [0.5, 0.6) is 5.75 Å². The first-order chi connectivity index (χ1) is 13.0. The molecule has 1 aromatic carbocycles. The van der Waals surface area contributed by atoms with E-state index in [1.807, 2.05) is 23.7 Å². The molecule has 0 N–H and O–H groups in total. The number of rotatable bonds is 7. The van der Waals surface area contributed by atoms with Gasteiger partial charge in [0.2, 0.25) is 0 Å². The van der Waals surface area contributed by atoms with E-state index in [1.165, 1.54) is 5.56 Å². The van der Waals surface area contributed by atoms with E-state index in [1.54, 1.807) is 0 Å². The summed E-state index contributed by atoms with van der Waals surface area (Å²) in [5.41, 5.74) is 1.07. The highest BCUT2D eigenvalue weighted by Gasteiger charge is 2.33. The second-order valence-corrected chi connectivity index (χ2v) is 7.86. The van der Waals surface area contributed by atoms with Gasteiger partial charge in [-0.25, -0.2) is 4.68 Å². The lowest BCUT2D eigenvalue weighted by molar-refractivity contribution is 0.117. The maximum atomic E-state index is 5.62. The summed E-state index contributed by atoms with van der Waals surface area (Å²) in [5.74, 6) is 1.81. The molecule has 0 bridgehead atoms. The van der Waals surface area contributed by atoms with Crippen molar-refractivity contribution in [2.45, 2.75) is 45.7 Å². The Hall–Kier alpha value is -1.99. The van der Waals surface area contributed by atoms with Crippen LogP contribution in [0.2, 0.25) is 0 Å². The third kappa shape index (κ3) is 4.30. The van der Waals surface area contributed by atoms with Crippen LogP contribution in [0.15, 0.2) is 24.3 Å². The fourth-order valence-electron chi connectivity index (χ4n) is 3.46. The summed E-state index contributed by atoms with van der Waals surface area (Å²) in [6.45, 7) is 13.3. The largest absolute Gasteiger partial charge is 0.494 e.